The molecule has 1 aromatic heterocycles. The molecule has 0 bridgehead atoms. The van der Waals surface area contributed by atoms with E-state index < -0.39 is 6.04 Å². The molecule has 2 rings (SSSR count). The van der Waals surface area contributed by atoms with E-state index in [9.17, 15) is 4.79 Å². The van der Waals surface area contributed by atoms with Crippen molar-refractivity contribution in [3.8, 4) is 0 Å². The molecule has 0 fully saturated rings. The molecule has 0 aliphatic heterocycles. The van der Waals surface area contributed by atoms with E-state index in [0.29, 0.717) is 24.4 Å². The van der Waals surface area contributed by atoms with Crippen LogP contribution in [0.25, 0.3) is 11.0 Å². The predicted octanol–water partition coefficient (Wildman–Crippen LogP) is 1.96. The van der Waals surface area contributed by atoms with Crippen LogP contribution in [0.2, 0.25) is 5.02 Å². The molecular weight excluding hydrogens is 308 g/mol. The largest absolute Gasteiger partial charge is 0.354 e. The number of benzene rings is 1. The maximum atomic E-state index is 11.8. The lowest BCUT2D eigenvalue weighted by Gasteiger charge is -2.10. The van der Waals surface area contributed by atoms with Crippen LogP contribution in [0.5, 0.6) is 0 Å². The summed E-state index contributed by atoms with van der Waals surface area (Å²) < 4.78 is 0. The number of H-pyrrole nitrogens is 1. The first-order chi connectivity index (χ1) is 10.1. The molecule has 0 saturated heterocycles. The Morgan fingerprint density at radius 2 is 2.38 bits per heavy atom. The number of fused-ring (bicyclic) bond motifs is 1. The molecule has 0 aliphatic carbocycles. The number of carbonyl (C=O) groups is 1. The van der Waals surface area contributed by atoms with E-state index in [-0.39, 0.29) is 5.91 Å². The second-order valence-electron chi connectivity index (χ2n) is 4.77. The number of aromatic nitrogens is 2. The summed E-state index contributed by atoms with van der Waals surface area (Å²) in [5, 5.41) is 3.51. The van der Waals surface area contributed by atoms with Crippen molar-refractivity contribution in [3.05, 3.63) is 29.0 Å². The predicted molar refractivity (Wildman–Crippen MR) is 88.8 cm³/mol. The molecule has 1 amide bonds. The zero-order chi connectivity index (χ0) is 15.2. The molecule has 1 aromatic carbocycles. The number of thioether (sulfide) groups is 1. The normalized spacial score (nSPS) is 12.5. The topological polar surface area (TPSA) is 83.8 Å². The molecule has 21 heavy (non-hydrogen) atoms. The summed E-state index contributed by atoms with van der Waals surface area (Å²) in [5.41, 5.74) is 7.57. The van der Waals surface area contributed by atoms with Gasteiger partial charge in [0.25, 0.3) is 0 Å². The smallest absolute Gasteiger partial charge is 0.236 e. The minimum absolute atomic E-state index is 0.108. The van der Waals surface area contributed by atoms with Gasteiger partial charge in [-0.15, -0.1) is 0 Å². The van der Waals surface area contributed by atoms with Crippen LogP contribution in [0, 0.1) is 0 Å². The maximum Gasteiger partial charge on any atom is 0.236 e. The van der Waals surface area contributed by atoms with Crippen molar-refractivity contribution in [2.24, 2.45) is 5.73 Å². The molecule has 1 heterocycles. The van der Waals surface area contributed by atoms with E-state index in [0.717, 1.165) is 22.6 Å². The summed E-state index contributed by atoms with van der Waals surface area (Å²) in [4.78, 5) is 19.4. The van der Waals surface area contributed by atoms with Gasteiger partial charge in [0.2, 0.25) is 5.91 Å². The molecule has 5 nitrogen and oxygen atoms in total. The summed E-state index contributed by atoms with van der Waals surface area (Å²) in [6, 6.07) is 5.08. The van der Waals surface area contributed by atoms with Crippen LogP contribution in [0.1, 0.15) is 12.2 Å². The lowest BCUT2D eigenvalue weighted by molar-refractivity contribution is -0.122. The highest BCUT2D eigenvalue weighted by Crippen LogP contribution is 2.17. The fraction of sp³-hybridized carbons (Fsp3) is 0.429. The van der Waals surface area contributed by atoms with Crippen LogP contribution in [0.15, 0.2) is 18.2 Å². The lowest BCUT2D eigenvalue weighted by atomic mass is 10.2. The van der Waals surface area contributed by atoms with Crippen LogP contribution in [0.4, 0.5) is 0 Å². The zero-order valence-electron chi connectivity index (χ0n) is 11.9. The van der Waals surface area contributed by atoms with Crippen LogP contribution >= 0.6 is 23.4 Å². The molecule has 0 unspecified atom stereocenters. The van der Waals surface area contributed by atoms with Gasteiger partial charge < -0.3 is 16.0 Å². The quantitative estimate of drug-likeness (QED) is 0.726. The van der Waals surface area contributed by atoms with E-state index in [4.69, 9.17) is 17.3 Å². The molecule has 7 heteroatoms. The van der Waals surface area contributed by atoms with Gasteiger partial charge in [-0.3, -0.25) is 4.79 Å². The number of hydrogen-bond donors (Lipinski definition) is 3. The van der Waals surface area contributed by atoms with Crippen molar-refractivity contribution in [2.45, 2.75) is 18.9 Å². The van der Waals surface area contributed by atoms with Gasteiger partial charge in [0, 0.05) is 18.0 Å². The van der Waals surface area contributed by atoms with Crippen molar-refractivity contribution in [2.75, 3.05) is 18.6 Å². The number of amides is 1. The number of carbonyl (C=O) groups excluding carboxylic acids is 1. The minimum Gasteiger partial charge on any atom is -0.354 e. The van der Waals surface area contributed by atoms with E-state index in [1.165, 1.54) is 0 Å². The van der Waals surface area contributed by atoms with Crippen LogP contribution in [-0.4, -0.2) is 40.5 Å². The highest BCUT2D eigenvalue weighted by atomic mass is 35.5. The summed E-state index contributed by atoms with van der Waals surface area (Å²) in [5.74, 6) is 1.60. The first-order valence-electron chi connectivity index (χ1n) is 6.76. The van der Waals surface area contributed by atoms with E-state index in [1.54, 1.807) is 17.8 Å². The lowest BCUT2D eigenvalue weighted by Crippen LogP contribution is -2.41. The van der Waals surface area contributed by atoms with Crippen molar-refractivity contribution in [3.63, 3.8) is 0 Å². The second kappa shape index (κ2) is 7.68. The van der Waals surface area contributed by atoms with E-state index >= 15 is 0 Å². The van der Waals surface area contributed by atoms with Crippen LogP contribution < -0.4 is 11.1 Å². The van der Waals surface area contributed by atoms with Gasteiger partial charge in [0.15, 0.2) is 0 Å². The fourth-order valence-electron chi connectivity index (χ4n) is 1.96. The number of imidazole rings is 1. The number of hydrogen-bond acceptors (Lipinski definition) is 4. The van der Waals surface area contributed by atoms with E-state index in [1.807, 2.05) is 18.4 Å². The number of halogens is 1. The van der Waals surface area contributed by atoms with Crippen molar-refractivity contribution >= 4 is 40.3 Å². The number of aromatic amines is 1. The van der Waals surface area contributed by atoms with Gasteiger partial charge in [-0.2, -0.15) is 11.8 Å². The first kappa shape index (κ1) is 16.1. The molecule has 1 atom stereocenters. The first-order valence-corrected chi connectivity index (χ1v) is 8.53. The molecule has 0 saturated carbocycles. The Balaban J connectivity index is 1.83. The highest BCUT2D eigenvalue weighted by Gasteiger charge is 2.12. The average Bonchev–Trinajstić information content (AvgIpc) is 2.86. The number of rotatable bonds is 7. The third-order valence-electron chi connectivity index (χ3n) is 3.12. The Labute approximate surface area is 133 Å². The Hall–Kier alpha value is -1.24. The third kappa shape index (κ3) is 4.62. The van der Waals surface area contributed by atoms with Crippen LogP contribution in [0.3, 0.4) is 0 Å². The third-order valence-corrected chi connectivity index (χ3v) is 4.00. The Morgan fingerprint density at radius 3 is 3.14 bits per heavy atom. The highest BCUT2D eigenvalue weighted by molar-refractivity contribution is 7.98. The molecular formula is C14H19ClN4OS. The summed E-state index contributed by atoms with van der Waals surface area (Å²) in [7, 11) is 0. The standard InChI is InChI=1S/C14H19ClN4OS/c1-21-7-5-10(16)14(20)17-6-4-13-18-11-3-2-9(15)8-12(11)19-13/h2-3,8,10H,4-7,16H2,1H3,(H,17,20)(H,18,19)/t10-/m0/s1. The van der Waals surface area contributed by atoms with Crippen LogP contribution in [-0.2, 0) is 11.2 Å². The molecule has 0 spiro atoms. The van der Waals surface area contributed by atoms with Gasteiger partial charge in [0.1, 0.15) is 5.82 Å². The molecule has 0 aliphatic rings. The van der Waals surface area contributed by atoms with Gasteiger partial charge >= 0.3 is 0 Å². The maximum absolute atomic E-state index is 11.8. The molecule has 4 N–H and O–H groups in total. The zero-order valence-corrected chi connectivity index (χ0v) is 13.4. The Kier molecular flexibility index (Phi) is 5.90. The molecule has 114 valence electrons. The Bertz CT molecular complexity index is 616. The number of nitrogens with zero attached hydrogens (tertiary/aromatic N) is 1. The van der Waals surface area contributed by atoms with Gasteiger partial charge in [-0.25, -0.2) is 4.98 Å². The van der Waals surface area contributed by atoms with Gasteiger partial charge in [-0.05, 0) is 36.6 Å². The van der Waals surface area contributed by atoms with Gasteiger partial charge in [-0.1, -0.05) is 11.6 Å². The second-order valence-corrected chi connectivity index (χ2v) is 6.20. The van der Waals surface area contributed by atoms with Crippen molar-refractivity contribution in [1.82, 2.24) is 15.3 Å². The monoisotopic (exact) mass is 326 g/mol. The average molecular weight is 327 g/mol. The minimum atomic E-state index is -0.438. The fourth-order valence-corrected chi connectivity index (χ4v) is 2.63. The van der Waals surface area contributed by atoms with Crippen molar-refractivity contribution < 1.29 is 4.79 Å². The van der Waals surface area contributed by atoms with Crippen molar-refractivity contribution in [1.29, 1.82) is 0 Å². The summed E-state index contributed by atoms with van der Waals surface area (Å²) >= 11 is 7.62. The molecule has 0 radical (unpaired) electrons. The summed E-state index contributed by atoms with van der Waals surface area (Å²) in [6.45, 7) is 0.513. The Morgan fingerprint density at radius 1 is 1.57 bits per heavy atom. The van der Waals surface area contributed by atoms with E-state index in [2.05, 4.69) is 15.3 Å². The number of nitrogens with one attached hydrogen (secondary N) is 2. The SMILES string of the molecule is CSCC[C@H](N)C(=O)NCCc1nc2ccc(Cl)cc2[nH]1. The summed E-state index contributed by atoms with van der Waals surface area (Å²) in [6.07, 6.45) is 3.32. The molecule has 2 aromatic rings. The number of nitrogens with two attached hydrogens (primary N) is 1. The van der Waals surface area contributed by atoms with Gasteiger partial charge in [0.05, 0.1) is 17.1 Å².